The molecule has 4 amide bonds. The molecule has 1 fully saturated rings. The van der Waals surface area contributed by atoms with Crippen LogP contribution < -0.4 is 4.74 Å². The second kappa shape index (κ2) is 10.1. The van der Waals surface area contributed by atoms with E-state index in [4.69, 9.17) is 4.74 Å². The Morgan fingerprint density at radius 2 is 1.82 bits per heavy atom. The largest absolute Gasteiger partial charge is 0.497 e. The summed E-state index contributed by atoms with van der Waals surface area (Å²) in [6.07, 6.45) is 1.52. The number of rotatable bonds is 7. The zero-order valence-electron chi connectivity index (χ0n) is 19.8. The summed E-state index contributed by atoms with van der Waals surface area (Å²) in [4.78, 5) is 41.8. The third kappa shape index (κ3) is 4.66. The predicted octanol–water partition coefficient (Wildman–Crippen LogP) is 3.83. The molecule has 0 aromatic heterocycles. The van der Waals surface area contributed by atoms with Gasteiger partial charge in [-0.15, -0.1) is 0 Å². The first-order valence-electron chi connectivity index (χ1n) is 11.6. The fourth-order valence-corrected chi connectivity index (χ4v) is 4.33. The Kier molecular flexibility index (Phi) is 6.95. The summed E-state index contributed by atoms with van der Waals surface area (Å²) in [5.74, 6) is 0.00304. The van der Waals surface area contributed by atoms with Gasteiger partial charge in [0.15, 0.2) is 0 Å². The minimum absolute atomic E-state index is 0.000240. The van der Waals surface area contributed by atoms with E-state index in [9.17, 15) is 14.4 Å². The molecule has 0 saturated carbocycles. The van der Waals surface area contributed by atoms with E-state index in [1.54, 1.807) is 12.0 Å². The van der Waals surface area contributed by atoms with E-state index in [1.165, 1.54) is 5.01 Å². The van der Waals surface area contributed by atoms with Gasteiger partial charge in [0.25, 0.3) is 5.91 Å². The summed E-state index contributed by atoms with van der Waals surface area (Å²) in [6, 6.07) is 16.5. The topological polar surface area (TPSA) is 82.5 Å². The van der Waals surface area contributed by atoms with Crippen LogP contribution in [0.1, 0.15) is 50.3 Å². The number of urea groups is 1. The van der Waals surface area contributed by atoms with Gasteiger partial charge in [0, 0.05) is 25.4 Å². The molecule has 0 radical (unpaired) electrons. The van der Waals surface area contributed by atoms with Gasteiger partial charge in [-0.25, -0.2) is 9.80 Å². The monoisotopic (exact) mass is 462 g/mol. The average Bonchev–Trinajstić information content (AvgIpc) is 3.32. The molecule has 8 nitrogen and oxygen atoms in total. The van der Waals surface area contributed by atoms with Crippen molar-refractivity contribution in [2.24, 2.45) is 5.10 Å². The third-order valence-corrected chi connectivity index (χ3v) is 6.53. The normalized spacial score (nSPS) is 19.3. The fraction of sp³-hybridized carbons (Fsp3) is 0.385. The van der Waals surface area contributed by atoms with Crippen LogP contribution in [0.25, 0.3) is 0 Å². The summed E-state index contributed by atoms with van der Waals surface area (Å²) in [7, 11) is 1.60. The Hall–Kier alpha value is -3.68. The zero-order chi connectivity index (χ0) is 24.2. The summed E-state index contributed by atoms with van der Waals surface area (Å²) >= 11 is 0. The summed E-state index contributed by atoms with van der Waals surface area (Å²) in [5, 5.41) is 6.07. The Labute approximate surface area is 199 Å². The van der Waals surface area contributed by atoms with Crippen LogP contribution in [0.3, 0.4) is 0 Å². The molecule has 4 rings (SSSR count). The van der Waals surface area contributed by atoms with Crippen LogP contribution in [0, 0.1) is 0 Å². The number of benzene rings is 2. The lowest BCUT2D eigenvalue weighted by Gasteiger charge is -2.37. The quantitative estimate of drug-likeness (QED) is 0.626. The molecule has 2 aromatic carbocycles. The van der Waals surface area contributed by atoms with E-state index in [2.05, 4.69) is 5.10 Å². The molecule has 0 bridgehead atoms. The molecule has 34 heavy (non-hydrogen) atoms. The second-order valence-corrected chi connectivity index (χ2v) is 8.61. The van der Waals surface area contributed by atoms with Gasteiger partial charge in [0.05, 0.1) is 18.9 Å². The minimum atomic E-state index is -0.411. The minimum Gasteiger partial charge on any atom is -0.497 e. The van der Waals surface area contributed by atoms with Crippen LogP contribution in [-0.2, 0) is 9.59 Å². The first kappa shape index (κ1) is 23.5. The Morgan fingerprint density at radius 3 is 2.47 bits per heavy atom. The van der Waals surface area contributed by atoms with E-state index >= 15 is 0 Å². The van der Waals surface area contributed by atoms with Crippen molar-refractivity contribution in [2.75, 3.05) is 20.2 Å². The van der Waals surface area contributed by atoms with Crippen LogP contribution in [0.2, 0.25) is 0 Å². The summed E-state index contributed by atoms with van der Waals surface area (Å²) in [6.45, 7) is 3.99. The van der Waals surface area contributed by atoms with Crippen molar-refractivity contribution < 1.29 is 19.1 Å². The van der Waals surface area contributed by atoms with E-state index in [-0.39, 0.29) is 36.9 Å². The molecule has 2 heterocycles. The molecule has 178 valence electrons. The standard InChI is InChI=1S/C26H30N4O4/c1-4-18(2)28-15-14-24(31)29(26(28)33)17-25(32)30-23(20-10-12-21(34-3)13-11-20)16-22(27-30)19-8-6-5-7-9-19/h5-13,18,23H,4,14-17H2,1-3H3/t18-,23-/m1/s1. The van der Waals surface area contributed by atoms with Crippen molar-refractivity contribution in [3.05, 3.63) is 65.7 Å². The van der Waals surface area contributed by atoms with Crippen LogP contribution in [0.5, 0.6) is 5.75 Å². The van der Waals surface area contributed by atoms with Gasteiger partial charge < -0.3 is 9.64 Å². The highest BCUT2D eigenvalue weighted by Gasteiger charge is 2.39. The van der Waals surface area contributed by atoms with E-state index < -0.39 is 6.03 Å². The lowest BCUT2D eigenvalue weighted by atomic mass is 9.98. The number of nitrogens with zero attached hydrogens (tertiary/aromatic N) is 4. The highest BCUT2D eigenvalue weighted by molar-refractivity contribution is 6.04. The van der Waals surface area contributed by atoms with Gasteiger partial charge in [-0.2, -0.15) is 5.10 Å². The lowest BCUT2D eigenvalue weighted by molar-refractivity contribution is -0.141. The number of carbonyl (C=O) groups excluding carboxylic acids is 3. The Balaban J connectivity index is 1.60. The number of hydrogen-bond acceptors (Lipinski definition) is 5. The number of hydrogen-bond donors (Lipinski definition) is 0. The van der Waals surface area contributed by atoms with Crippen molar-refractivity contribution in [1.82, 2.24) is 14.8 Å². The number of carbonyl (C=O) groups is 3. The van der Waals surface area contributed by atoms with Crippen LogP contribution in [-0.4, -0.2) is 64.6 Å². The summed E-state index contributed by atoms with van der Waals surface area (Å²) in [5.41, 5.74) is 2.62. The van der Waals surface area contributed by atoms with Gasteiger partial charge >= 0.3 is 6.03 Å². The molecule has 2 aliphatic rings. The van der Waals surface area contributed by atoms with Gasteiger partial charge in [-0.3, -0.25) is 14.5 Å². The maximum absolute atomic E-state index is 13.5. The van der Waals surface area contributed by atoms with Crippen molar-refractivity contribution >= 4 is 23.6 Å². The van der Waals surface area contributed by atoms with Crippen molar-refractivity contribution in [1.29, 1.82) is 0 Å². The number of amides is 4. The zero-order valence-corrected chi connectivity index (χ0v) is 19.8. The van der Waals surface area contributed by atoms with Gasteiger partial charge in [0.2, 0.25) is 5.91 Å². The predicted molar refractivity (Wildman–Crippen MR) is 128 cm³/mol. The summed E-state index contributed by atoms with van der Waals surface area (Å²) < 4.78 is 5.26. The maximum Gasteiger partial charge on any atom is 0.327 e. The molecule has 0 spiro atoms. The smallest absolute Gasteiger partial charge is 0.327 e. The first-order valence-corrected chi connectivity index (χ1v) is 11.6. The number of hydrazone groups is 1. The molecule has 8 heteroatoms. The van der Waals surface area contributed by atoms with Gasteiger partial charge in [0.1, 0.15) is 12.3 Å². The van der Waals surface area contributed by atoms with Crippen LogP contribution >= 0.6 is 0 Å². The highest BCUT2D eigenvalue weighted by atomic mass is 16.5. The van der Waals surface area contributed by atoms with Gasteiger partial charge in [-0.1, -0.05) is 49.4 Å². The molecule has 2 aromatic rings. The van der Waals surface area contributed by atoms with Crippen LogP contribution in [0.15, 0.2) is 59.7 Å². The number of methoxy groups -OCH3 is 1. The van der Waals surface area contributed by atoms with Crippen molar-refractivity contribution in [3.8, 4) is 5.75 Å². The maximum atomic E-state index is 13.5. The van der Waals surface area contributed by atoms with Gasteiger partial charge in [-0.05, 0) is 36.6 Å². The molecule has 0 unspecified atom stereocenters. The van der Waals surface area contributed by atoms with Crippen molar-refractivity contribution in [3.63, 3.8) is 0 Å². The molecular formula is C26H30N4O4. The number of ether oxygens (including phenoxy) is 1. The molecular weight excluding hydrogens is 432 g/mol. The molecule has 1 saturated heterocycles. The molecule has 2 aliphatic heterocycles. The van der Waals surface area contributed by atoms with Crippen LogP contribution in [0.4, 0.5) is 4.79 Å². The Bertz CT molecular complexity index is 1080. The fourth-order valence-electron chi connectivity index (χ4n) is 4.33. The molecule has 0 aliphatic carbocycles. The average molecular weight is 463 g/mol. The van der Waals surface area contributed by atoms with E-state index in [1.807, 2.05) is 68.4 Å². The van der Waals surface area contributed by atoms with E-state index in [0.29, 0.717) is 13.0 Å². The van der Waals surface area contributed by atoms with E-state index in [0.717, 1.165) is 33.9 Å². The first-order chi connectivity index (χ1) is 16.4. The second-order valence-electron chi connectivity index (χ2n) is 8.61. The highest BCUT2D eigenvalue weighted by Crippen LogP contribution is 2.34. The number of imide groups is 1. The molecule has 0 N–H and O–H groups in total. The third-order valence-electron chi connectivity index (χ3n) is 6.53. The lowest BCUT2D eigenvalue weighted by Crippen LogP contribution is -2.57. The Morgan fingerprint density at radius 1 is 1.12 bits per heavy atom. The molecule has 2 atom stereocenters. The van der Waals surface area contributed by atoms with Crippen molar-refractivity contribution in [2.45, 2.75) is 45.2 Å². The SMILES string of the molecule is CC[C@@H](C)N1CCC(=O)N(CC(=O)N2N=C(c3ccccc3)C[C@@H]2c2ccc(OC)cc2)C1=O.